The van der Waals surface area contributed by atoms with Gasteiger partial charge >= 0.3 is 5.97 Å². The summed E-state index contributed by atoms with van der Waals surface area (Å²) < 4.78 is 23.1. The standard InChI is InChI=1S/C11H15FN2O3/c1-3-17-11(15)6-14-9-5-10(16-2)8(13)4-7(9)12/h4-5,14H,3,6,13H2,1-2H3. The van der Waals surface area contributed by atoms with Gasteiger partial charge < -0.3 is 20.5 Å². The van der Waals surface area contributed by atoms with Crippen LogP contribution in [0.15, 0.2) is 12.1 Å². The third-order valence-corrected chi connectivity index (χ3v) is 2.05. The van der Waals surface area contributed by atoms with Gasteiger partial charge in [0.2, 0.25) is 0 Å². The summed E-state index contributed by atoms with van der Waals surface area (Å²) >= 11 is 0. The van der Waals surface area contributed by atoms with E-state index in [4.69, 9.17) is 15.2 Å². The van der Waals surface area contributed by atoms with Crippen molar-refractivity contribution in [2.45, 2.75) is 6.92 Å². The highest BCUT2D eigenvalue weighted by Gasteiger charge is 2.09. The maximum absolute atomic E-state index is 13.5. The summed E-state index contributed by atoms with van der Waals surface area (Å²) in [7, 11) is 1.43. The average molecular weight is 242 g/mol. The number of nitrogen functional groups attached to an aromatic ring is 1. The monoisotopic (exact) mass is 242 g/mol. The molecule has 0 atom stereocenters. The molecule has 1 aromatic rings. The Labute approximate surface area is 98.7 Å². The first kappa shape index (κ1) is 13.1. The molecular formula is C11H15FN2O3. The molecule has 1 aromatic carbocycles. The van der Waals surface area contributed by atoms with Crippen LogP contribution in [-0.4, -0.2) is 26.2 Å². The predicted molar refractivity (Wildman–Crippen MR) is 62.5 cm³/mol. The van der Waals surface area contributed by atoms with Crippen molar-refractivity contribution in [3.63, 3.8) is 0 Å². The van der Waals surface area contributed by atoms with E-state index in [1.165, 1.54) is 13.2 Å². The van der Waals surface area contributed by atoms with Crippen molar-refractivity contribution < 1.29 is 18.7 Å². The van der Waals surface area contributed by atoms with E-state index in [9.17, 15) is 9.18 Å². The molecule has 1 rings (SSSR count). The van der Waals surface area contributed by atoms with Crippen molar-refractivity contribution in [3.8, 4) is 5.75 Å². The van der Waals surface area contributed by atoms with Gasteiger partial charge in [-0.15, -0.1) is 0 Å². The normalized spacial score (nSPS) is 9.82. The Kier molecular flexibility index (Phi) is 4.56. The van der Waals surface area contributed by atoms with Gasteiger partial charge in [0, 0.05) is 12.1 Å². The van der Waals surface area contributed by atoms with E-state index >= 15 is 0 Å². The number of rotatable bonds is 5. The molecule has 0 unspecified atom stereocenters. The molecule has 6 heteroatoms. The van der Waals surface area contributed by atoms with Crippen LogP contribution in [0.4, 0.5) is 15.8 Å². The minimum atomic E-state index is -0.549. The van der Waals surface area contributed by atoms with Crippen molar-refractivity contribution in [3.05, 3.63) is 17.9 Å². The Morgan fingerprint density at radius 1 is 1.53 bits per heavy atom. The highest BCUT2D eigenvalue weighted by atomic mass is 19.1. The molecule has 0 heterocycles. The minimum Gasteiger partial charge on any atom is -0.495 e. The zero-order valence-corrected chi connectivity index (χ0v) is 9.75. The fourth-order valence-electron chi connectivity index (χ4n) is 1.26. The summed E-state index contributed by atoms with van der Waals surface area (Å²) in [4.78, 5) is 11.1. The largest absolute Gasteiger partial charge is 0.495 e. The molecule has 0 spiro atoms. The number of nitrogens with one attached hydrogen (secondary N) is 1. The highest BCUT2D eigenvalue weighted by Crippen LogP contribution is 2.27. The van der Waals surface area contributed by atoms with E-state index in [1.807, 2.05) is 0 Å². The number of carbonyl (C=O) groups is 1. The summed E-state index contributed by atoms with van der Waals surface area (Å²) in [6, 6.07) is 2.52. The molecule has 0 radical (unpaired) electrons. The number of halogens is 1. The van der Waals surface area contributed by atoms with Gasteiger partial charge in [0.15, 0.2) is 0 Å². The van der Waals surface area contributed by atoms with Crippen LogP contribution in [0.1, 0.15) is 6.92 Å². The molecule has 17 heavy (non-hydrogen) atoms. The van der Waals surface area contributed by atoms with Gasteiger partial charge in [-0.05, 0) is 6.92 Å². The Morgan fingerprint density at radius 3 is 2.82 bits per heavy atom. The van der Waals surface area contributed by atoms with Crippen molar-refractivity contribution >= 4 is 17.3 Å². The number of ether oxygens (including phenoxy) is 2. The third-order valence-electron chi connectivity index (χ3n) is 2.05. The van der Waals surface area contributed by atoms with Gasteiger partial charge in [-0.2, -0.15) is 0 Å². The second kappa shape index (κ2) is 5.93. The van der Waals surface area contributed by atoms with Crippen molar-refractivity contribution in [2.75, 3.05) is 31.3 Å². The summed E-state index contributed by atoms with van der Waals surface area (Å²) in [5.41, 5.74) is 5.86. The molecule has 3 N–H and O–H groups in total. The van der Waals surface area contributed by atoms with Gasteiger partial charge in [-0.3, -0.25) is 4.79 Å². The molecule has 0 bridgehead atoms. The number of anilines is 2. The lowest BCUT2D eigenvalue weighted by Crippen LogP contribution is -2.17. The van der Waals surface area contributed by atoms with Crippen LogP contribution in [-0.2, 0) is 9.53 Å². The molecule has 5 nitrogen and oxygen atoms in total. The summed E-state index contributed by atoms with van der Waals surface area (Å²) in [6.45, 7) is 1.87. The maximum Gasteiger partial charge on any atom is 0.325 e. The molecule has 0 aliphatic carbocycles. The molecule has 0 aliphatic heterocycles. The van der Waals surface area contributed by atoms with Crippen LogP contribution >= 0.6 is 0 Å². The number of hydrogen-bond donors (Lipinski definition) is 2. The Balaban J connectivity index is 2.74. The Morgan fingerprint density at radius 2 is 2.24 bits per heavy atom. The van der Waals surface area contributed by atoms with Gasteiger partial charge in [0.05, 0.1) is 25.1 Å². The lowest BCUT2D eigenvalue weighted by molar-refractivity contribution is -0.140. The molecule has 0 fully saturated rings. The zero-order valence-electron chi connectivity index (χ0n) is 9.75. The van der Waals surface area contributed by atoms with E-state index in [0.717, 1.165) is 6.07 Å². The topological polar surface area (TPSA) is 73.6 Å². The second-order valence-corrected chi connectivity index (χ2v) is 3.23. The average Bonchev–Trinajstić information content (AvgIpc) is 2.28. The number of benzene rings is 1. The van der Waals surface area contributed by atoms with Gasteiger partial charge in [0.25, 0.3) is 0 Å². The summed E-state index contributed by atoms with van der Waals surface area (Å²) in [6.07, 6.45) is 0. The van der Waals surface area contributed by atoms with Crippen LogP contribution in [0, 0.1) is 5.82 Å². The lowest BCUT2D eigenvalue weighted by Gasteiger charge is -2.10. The van der Waals surface area contributed by atoms with Gasteiger partial charge in [-0.25, -0.2) is 4.39 Å². The third kappa shape index (κ3) is 3.51. The molecule has 0 amide bonds. The second-order valence-electron chi connectivity index (χ2n) is 3.23. The zero-order chi connectivity index (χ0) is 12.8. The molecule has 0 saturated heterocycles. The van der Waals surface area contributed by atoms with E-state index in [-0.39, 0.29) is 24.5 Å². The lowest BCUT2D eigenvalue weighted by atomic mass is 10.2. The van der Waals surface area contributed by atoms with Crippen LogP contribution in [0.5, 0.6) is 5.75 Å². The van der Waals surface area contributed by atoms with E-state index in [0.29, 0.717) is 5.75 Å². The number of hydrogen-bond acceptors (Lipinski definition) is 5. The number of methoxy groups -OCH3 is 1. The molecule has 0 saturated carbocycles. The van der Waals surface area contributed by atoms with Crippen LogP contribution in [0.25, 0.3) is 0 Å². The number of esters is 1. The predicted octanol–water partition coefficient (Wildman–Crippen LogP) is 1.39. The fourth-order valence-corrected chi connectivity index (χ4v) is 1.26. The first-order chi connectivity index (χ1) is 8.08. The molecule has 94 valence electrons. The summed E-state index contributed by atoms with van der Waals surface area (Å²) in [5.74, 6) is -0.659. The van der Waals surface area contributed by atoms with Gasteiger partial charge in [0.1, 0.15) is 18.1 Å². The van der Waals surface area contributed by atoms with E-state index in [2.05, 4.69) is 5.32 Å². The molecule has 0 aliphatic rings. The van der Waals surface area contributed by atoms with Crippen molar-refractivity contribution in [1.82, 2.24) is 0 Å². The maximum atomic E-state index is 13.5. The first-order valence-electron chi connectivity index (χ1n) is 5.11. The van der Waals surface area contributed by atoms with Crippen LogP contribution in [0.3, 0.4) is 0 Å². The quantitative estimate of drug-likeness (QED) is 0.603. The smallest absolute Gasteiger partial charge is 0.325 e. The van der Waals surface area contributed by atoms with Crippen molar-refractivity contribution in [2.24, 2.45) is 0 Å². The molecular weight excluding hydrogens is 227 g/mol. The minimum absolute atomic E-state index is 0.113. The Bertz CT molecular complexity index is 410. The molecule has 0 aromatic heterocycles. The first-order valence-corrected chi connectivity index (χ1v) is 5.11. The van der Waals surface area contributed by atoms with E-state index in [1.54, 1.807) is 6.92 Å². The van der Waals surface area contributed by atoms with Crippen molar-refractivity contribution in [1.29, 1.82) is 0 Å². The van der Waals surface area contributed by atoms with Crippen LogP contribution in [0.2, 0.25) is 0 Å². The number of carbonyl (C=O) groups excluding carboxylic acids is 1. The number of nitrogens with two attached hydrogens (primary N) is 1. The Hall–Kier alpha value is -1.98. The highest BCUT2D eigenvalue weighted by molar-refractivity contribution is 5.75. The summed E-state index contributed by atoms with van der Waals surface area (Å²) in [5, 5.41) is 2.61. The van der Waals surface area contributed by atoms with Crippen LogP contribution < -0.4 is 15.8 Å². The van der Waals surface area contributed by atoms with E-state index < -0.39 is 11.8 Å². The fraction of sp³-hybridized carbons (Fsp3) is 0.364. The van der Waals surface area contributed by atoms with Gasteiger partial charge in [-0.1, -0.05) is 0 Å². The SMILES string of the molecule is CCOC(=O)CNc1cc(OC)c(N)cc1F.